The molecule has 0 saturated heterocycles. The zero-order valence-electron chi connectivity index (χ0n) is 6.29. The first-order valence-electron chi connectivity index (χ1n) is 3.22. The Labute approximate surface area is 67.5 Å². The van der Waals surface area contributed by atoms with Gasteiger partial charge in [-0.3, -0.25) is 4.79 Å². The van der Waals surface area contributed by atoms with E-state index in [1.165, 1.54) is 6.92 Å². The van der Waals surface area contributed by atoms with Crippen LogP contribution in [0.5, 0.6) is 0 Å². The van der Waals surface area contributed by atoms with Gasteiger partial charge < -0.3 is 0 Å². The van der Waals surface area contributed by atoms with Gasteiger partial charge in [0.15, 0.2) is 6.29 Å². The Balaban J connectivity index is 3.14. The molecule has 64 valence electrons. The Morgan fingerprint density at radius 1 is 1.50 bits per heavy atom. The molecule has 1 aromatic heterocycles. The molecule has 0 saturated carbocycles. The second-order valence-electron chi connectivity index (χ2n) is 2.18. The van der Waals surface area contributed by atoms with Crippen LogP contribution in [-0.2, 0) is 0 Å². The molecule has 0 aliphatic carbocycles. The third kappa shape index (κ3) is 1.81. The lowest BCUT2D eigenvalue weighted by molar-refractivity contribution is 0.111. The van der Waals surface area contributed by atoms with Crippen LogP contribution < -0.4 is 0 Å². The van der Waals surface area contributed by atoms with Gasteiger partial charge in [-0.05, 0) is 13.0 Å². The fourth-order valence-electron chi connectivity index (χ4n) is 0.787. The molecular weight excluding hydrogens is 166 g/mol. The molecule has 3 nitrogen and oxygen atoms in total. The molecule has 5 heteroatoms. The summed E-state index contributed by atoms with van der Waals surface area (Å²) in [4.78, 5) is 17.3. The summed E-state index contributed by atoms with van der Waals surface area (Å²) in [6.07, 6.45) is -2.24. The van der Waals surface area contributed by atoms with Crippen LogP contribution in [0.4, 0.5) is 8.78 Å². The zero-order chi connectivity index (χ0) is 9.14. The van der Waals surface area contributed by atoms with Crippen molar-refractivity contribution >= 4 is 6.29 Å². The maximum absolute atomic E-state index is 12.1. The highest BCUT2D eigenvalue weighted by Gasteiger charge is 2.10. The number of aromatic nitrogens is 2. The number of aldehydes is 1. The molecule has 0 spiro atoms. The van der Waals surface area contributed by atoms with Crippen LogP contribution in [0.15, 0.2) is 6.07 Å². The zero-order valence-corrected chi connectivity index (χ0v) is 6.29. The fraction of sp³-hybridized carbons (Fsp3) is 0.286. The predicted octanol–water partition coefficient (Wildman–Crippen LogP) is 1.54. The van der Waals surface area contributed by atoms with Crippen molar-refractivity contribution in [1.82, 2.24) is 9.97 Å². The lowest BCUT2D eigenvalue weighted by Crippen LogP contribution is -1.99. The van der Waals surface area contributed by atoms with Crippen molar-refractivity contribution in [2.75, 3.05) is 0 Å². The highest BCUT2D eigenvalue weighted by Crippen LogP contribution is 2.15. The Morgan fingerprint density at radius 2 is 2.17 bits per heavy atom. The molecule has 12 heavy (non-hydrogen) atoms. The quantitative estimate of drug-likeness (QED) is 0.635. The number of aryl methyl sites for hydroxylation is 1. The van der Waals surface area contributed by atoms with Crippen molar-refractivity contribution in [3.8, 4) is 0 Å². The number of halogens is 2. The lowest BCUT2D eigenvalue weighted by Gasteiger charge is -1.99. The average molecular weight is 172 g/mol. The minimum Gasteiger partial charge on any atom is -0.296 e. The van der Waals surface area contributed by atoms with Crippen LogP contribution in [0.25, 0.3) is 0 Å². The number of hydrogen-bond acceptors (Lipinski definition) is 3. The molecule has 0 atom stereocenters. The normalized spacial score (nSPS) is 10.3. The molecule has 0 amide bonds. The van der Waals surface area contributed by atoms with Crippen molar-refractivity contribution in [2.45, 2.75) is 13.3 Å². The summed E-state index contributed by atoms with van der Waals surface area (Å²) >= 11 is 0. The first-order chi connectivity index (χ1) is 5.63. The Bertz CT molecular complexity index is 301. The molecule has 0 aromatic carbocycles. The van der Waals surface area contributed by atoms with E-state index in [1.54, 1.807) is 0 Å². The number of alkyl halides is 2. The minimum atomic E-state index is -2.66. The largest absolute Gasteiger partial charge is 0.296 e. The number of nitrogens with zero attached hydrogens (tertiary/aromatic N) is 2. The second kappa shape index (κ2) is 3.34. The predicted molar refractivity (Wildman–Crippen MR) is 37.1 cm³/mol. The van der Waals surface area contributed by atoms with Gasteiger partial charge in [-0.15, -0.1) is 0 Å². The second-order valence-corrected chi connectivity index (χ2v) is 2.18. The SMILES string of the molecule is Cc1nc(C=O)cc(C(F)F)n1. The van der Waals surface area contributed by atoms with E-state index in [4.69, 9.17) is 0 Å². The number of hydrogen-bond donors (Lipinski definition) is 0. The van der Waals surface area contributed by atoms with E-state index < -0.39 is 12.1 Å². The van der Waals surface area contributed by atoms with Crippen LogP contribution in [0.2, 0.25) is 0 Å². The van der Waals surface area contributed by atoms with Gasteiger partial charge >= 0.3 is 0 Å². The van der Waals surface area contributed by atoms with Gasteiger partial charge in [-0.25, -0.2) is 18.7 Å². The van der Waals surface area contributed by atoms with Gasteiger partial charge in [-0.2, -0.15) is 0 Å². The molecule has 0 aliphatic heterocycles. The highest BCUT2D eigenvalue weighted by atomic mass is 19.3. The van der Waals surface area contributed by atoms with Crippen LogP contribution in [0.1, 0.15) is 28.4 Å². The van der Waals surface area contributed by atoms with E-state index in [-0.39, 0.29) is 11.5 Å². The summed E-state index contributed by atoms with van der Waals surface area (Å²) in [6.45, 7) is 1.46. The molecule has 0 N–H and O–H groups in total. The van der Waals surface area contributed by atoms with Crippen LogP contribution in [0.3, 0.4) is 0 Å². The first kappa shape index (κ1) is 8.70. The molecule has 0 radical (unpaired) electrons. The molecular formula is C7H6F2N2O. The smallest absolute Gasteiger partial charge is 0.280 e. The molecule has 1 rings (SSSR count). The summed E-state index contributed by atoms with van der Waals surface area (Å²) in [5, 5.41) is 0. The van der Waals surface area contributed by atoms with Crippen molar-refractivity contribution in [2.24, 2.45) is 0 Å². The number of carbonyl (C=O) groups is 1. The Hall–Kier alpha value is -1.39. The number of rotatable bonds is 2. The van der Waals surface area contributed by atoms with Gasteiger partial charge in [0.2, 0.25) is 0 Å². The monoisotopic (exact) mass is 172 g/mol. The van der Waals surface area contributed by atoms with Gasteiger partial charge in [0.1, 0.15) is 17.2 Å². The van der Waals surface area contributed by atoms with Crippen LogP contribution >= 0.6 is 0 Å². The van der Waals surface area contributed by atoms with E-state index in [9.17, 15) is 13.6 Å². The molecule has 0 bridgehead atoms. The standard InChI is InChI=1S/C7H6F2N2O/c1-4-10-5(3-12)2-6(11-4)7(8)9/h2-3,7H,1H3. The number of carbonyl (C=O) groups excluding carboxylic acids is 1. The summed E-state index contributed by atoms with van der Waals surface area (Å²) in [6, 6.07) is 0.977. The molecule has 0 aliphatic rings. The van der Waals surface area contributed by atoms with Gasteiger partial charge in [-0.1, -0.05) is 0 Å². The van der Waals surface area contributed by atoms with E-state index in [1.807, 2.05) is 0 Å². The Kier molecular flexibility index (Phi) is 2.42. The fourth-order valence-corrected chi connectivity index (χ4v) is 0.787. The summed E-state index contributed by atoms with van der Waals surface area (Å²) in [5.41, 5.74) is -0.428. The van der Waals surface area contributed by atoms with E-state index in [0.29, 0.717) is 6.29 Å². The van der Waals surface area contributed by atoms with Crippen LogP contribution in [-0.4, -0.2) is 16.3 Å². The molecule has 1 aromatic rings. The van der Waals surface area contributed by atoms with Gasteiger partial charge in [0.25, 0.3) is 6.43 Å². The maximum atomic E-state index is 12.1. The first-order valence-corrected chi connectivity index (χ1v) is 3.22. The highest BCUT2D eigenvalue weighted by molar-refractivity contribution is 5.71. The van der Waals surface area contributed by atoms with E-state index in [0.717, 1.165) is 6.07 Å². The molecule has 1 heterocycles. The minimum absolute atomic E-state index is 0.0159. The molecule has 0 fully saturated rings. The third-order valence-electron chi connectivity index (χ3n) is 1.22. The lowest BCUT2D eigenvalue weighted by atomic mass is 10.3. The van der Waals surface area contributed by atoms with Gasteiger partial charge in [0.05, 0.1) is 0 Å². The van der Waals surface area contributed by atoms with Gasteiger partial charge in [0, 0.05) is 0 Å². The maximum Gasteiger partial charge on any atom is 0.280 e. The van der Waals surface area contributed by atoms with E-state index in [2.05, 4.69) is 9.97 Å². The Morgan fingerprint density at radius 3 is 2.67 bits per heavy atom. The summed E-state index contributed by atoms with van der Waals surface area (Å²) in [7, 11) is 0. The topological polar surface area (TPSA) is 42.9 Å². The van der Waals surface area contributed by atoms with Crippen molar-refractivity contribution in [3.63, 3.8) is 0 Å². The van der Waals surface area contributed by atoms with Crippen molar-refractivity contribution in [3.05, 3.63) is 23.3 Å². The third-order valence-corrected chi connectivity index (χ3v) is 1.22. The van der Waals surface area contributed by atoms with Crippen molar-refractivity contribution in [1.29, 1.82) is 0 Å². The van der Waals surface area contributed by atoms with E-state index >= 15 is 0 Å². The summed E-state index contributed by atoms with van der Waals surface area (Å²) < 4.78 is 24.1. The summed E-state index contributed by atoms with van der Waals surface area (Å²) in [5.74, 6) is 0.176. The molecule has 0 unspecified atom stereocenters. The van der Waals surface area contributed by atoms with Crippen LogP contribution in [0, 0.1) is 6.92 Å². The average Bonchev–Trinajstić information content (AvgIpc) is 2.03. The van der Waals surface area contributed by atoms with Crippen molar-refractivity contribution < 1.29 is 13.6 Å².